The van der Waals surface area contributed by atoms with Crippen molar-refractivity contribution in [2.75, 3.05) is 38.7 Å². The summed E-state index contributed by atoms with van der Waals surface area (Å²) < 4.78 is 16.8. The van der Waals surface area contributed by atoms with Crippen molar-refractivity contribution in [1.82, 2.24) is 5.32 Å². The molecule has 1 atom stereocenters. The number of carbonyl (C=O) groups excluding carboxylic acids is 1. The van der Waals surface area contributed by atoms with Crippen molar-refractivity contribution in [2.24, 2.45) is 0 Å². The van der Waals surface area contributed by atoms with Crippen LogP contribution >= 0.6 is 0 Å². The topological polar surface area (TPSA) is 109 Å². The van der Waals surface area contributed by atoms with E-state index in [1.807, 2.05) is 24.3 Å². The van der Waals surface area contributed by atoms with Crippen molar-refractivity contribution >= 4 is 23.2 Å². The molecular weight excluding hydrogens is 448 g/mol. The number of benzene rings is 3. The lowest BCUT2D eigenvalue weighted by Crippen LogP contribution is -2.33. The summed E-state index contributed by atoms with van der Waals surface area (Å²) in [7, 11) is 1.59. The second-order valence-electron chi connectivity index (χ2n) is 7.92. The number of aliphatic hydroxyl groups excluding tert-OH is 1. The Bertz CT molecular complexity index is 1210. The van der Waals surface area contributed by atoms with Gasteiger partial charge in [0.15, 0.2) is 11.5 Å². The van der Waals surface area contributed by atoms with Gasteiger partial charge < -0.3 is 35.1 Å². The van der Waals surface area contributed by atoms with Gasteiger partial charge in [-0.2, -0.15) is 0 Å². The molecule has 35 heavy (non-hydrogen) atoms. The third-order valence-corrected chi connectivity index (χ3v) is 5.44. The van der Waals surface area contributed by atoms with E-state index in [2.05, 4.69) is 10.6 Å². The first-order valence-electron chi connectivity index (χ1n) is 11.3. The van der Waals surface area contributed by atoms with E-state index in [4.69, 9.17) is 14.2 Å². The lowest BCUT2D eigenvalue weighted by molar-refractivity contribution is -0.110. The molecule has 1 unspecified atom stereocenters. The number of para-hydroxylation sites is 3. The van der Waals surface area contributed by atoms with Gasteiger partial charge in [-0.05, 0) is 36.4 Å². The maximum atomic E-state index is 12.6. The number of amides is 1. The van der Waals surface area contributed by atoms with Crippen molar-refractivity contribution < 1.29 is 29.2 Å². The fourth-order valence-electron chi connectivity index (χ4n) is 3.72. The Morgan fingerprint density at radius 3 is 2.51 bits per heavy atom. The highest BCUT2D eigenvalue weighted by atomic mass is 16.5. The smallest absolute Gasteiger partial charge is 0.256 e. The lowest BCUT2D eigenvalue weighted by atomic mass is 10.0. The van der Waals surface area contributed by atoms with Gasteiger partial charge >= 0.3 is 0 Å². The van der Waals surface area contributed by atoms with Gasteiger partial charge in [-0.3, -0.25) is 4.79 Å². The maximum Gasteiger partial charge on any atom is 0.256 e. The van der Waals surface area contributed by atoms with Crippen LogP contribution in [0.3, 0.4) is 0 Å². The molecule has 4 rings (SSSR count). The minimum absolute atomic E-state index is 0.0366. The van der Waals surface area contributed by atoms with E-state index in [1.54, 1.807) is 55.7 Å². The molecule has 4 N–H and O–H groups in total. The van der Waals surface area contributed by atoms with E-state index in [1.165, 1.54) is 0 Å². The number of carbonyl (C=O) groups is 1. The first kappa shape index (κ1) is 24.1. The summed E-state index contributed by atoms with van der Waals surface area (Å²) >= 11 is 0. The van der Waals surface area contributed by atoms with Crippen LogP contribution in [0.25, 0.3) is 11.6 Å². The molecule has 1 heterocycles. The molecule has 1 aliphatic heterocycles. The fraction of sp³-hybridized carbons (Fsp3) is 0.222. The minimum atomic E-state index is -0.771. The Labute approximate surface area is 203 Å². The minimum Gasteiger partial charge on any atom is -0.507 e. The third kappa shape index (κ3) is 5.92. The number of nitrogens with one attached hydrogen (secondary N) is 2. The van der Waals surface area contributed by atoms with Crippen molar-refractivity contribution in [3.8, 4) is 23.0 Å². The molecule has 3 aromatic rings. The summed E-state index contributed by atoms with van der Waals surface area (Å²) in [4.78, 5) is 12.6. The molecule has 0 saturated heterocycles. The zero-order valence-electron chi connectivity index (χ0n) is 19.4. The van der Waals surface area contributed by atoms with Gasteiger partial charge in [-0.15, -0.1) is 0 Å². The highest BCUT2D eigenvalue weighted by Crippen LogP contribution is 2.40. The van der Waals surface area contributed by atoms with Gasteiger partial charge in [0.25, 0.3) is 5.91 Å². The molecule has 182 valence electrons. The van der Waals surface area contributed by atoms with Gasteiger partial charge in [0.1, 0.15) is 30.8 Å². The number of rotatable bonds is 11. The monoisotopic (exact) mass is 476 g/mol. The first-order chi connectivity index (χ1) is 17.1. The molecule has 8 nitrogen and oxygen atoms in total. The van der Waals surface area contributed by atoms with Gasteiger partial charge in [0, 0.05) is 18.7 Å². The molecule has 0 radical (unpaired) electrons. The Morgan fingerprint density at radius 2 is 1.71 bits per heavy atom. The SMILES string of the molecule is COc1ccccc1OCCNCC(O)COc1cccc2c1C(=Cc1ccccc1O)C(=O)N2. The van der Waals surface area contributed by atoms with Gasteiger partial charge in [-0.25, -0.2) is 0 Å². The molecule has 0 aliphatic carbocycles. The predicted octanol–water partition coefficient (Wildman–Crippen LogP) is 3.30. The Balaban J connectivity index is 1.32. The van der Waals surface area contributed by atoms with Crippen molar-refractivity contribution in [3.05, 3.63) is 77.9 Å². The number of anilines is 1. The third-order valence-electron chi connectivity index (χ3n) is 5.44. The van der Waals surface area contributed by atoms with E-state index in [9.17, 15) is 15.0 Å². The number of hydrogen-bond donors (Lipinski definition) is 4. The van der Waals surface area contributed by atoms with E-state index >= 15 is 0 Å². The molecule has 0 bridgehead atoms. The molecule has 8 heteroatoms. The van der Waals surface area contributed by atoms with E-state index < -0.39 is 6.10 Å². The van der Waals surface area contributed by atoms with E-state index in [0.717, 1.165) is 0 Å². The van der Waals surface area contributed by atoms with Crippen molar-refractivity contribution in [3.63, 3.8) is 0 Å². The molecule has 3 aromatic carbocycles. The van der Waals surface area contributed by atoms with Crippen LogP contribution in [0, 0.1) is 0 Å². The molecule has 0 aromatic heterocycles. The highest BCUT2D eigenvalue weighted by molar-refractivity contribution is 6.35. The number of ether oxygens (including phenoxy) is 3. The number of aromatic hydroxyl groups is 1. The molecular formula is C27H28N2O6. The number of aliphatic hydroxyl groups is 1. The number of methoxy groups -OCH3 is 1. The van der Waals surface area contributed by atoms with Crippen LogP contribution in [0.1, 0.15) is 11.1 Å². The largest absolute Gasteiger partial charge is 0.507 e. The lowest BCUT2D eigenvalue weighted by Gasteiger charge is -2.16. The van der Waals surface area contributed by atoms with Crippen LogP contribution in [0.5, 0.6) is 23.0 Å². The van der Waals surface area contributed by atoms with Gasteiger partial charge in [-0.1, -0.05) is 36.4 Å². The van der Waals surface area contributed by atoms with Crippen molar-refractivity contribution in [2.45, 2.75) is 6.10 Å². The molecule has 0 fully saturated rings. The summed E-state index contributed by atoms with van der Waals surface area (Å²) in [5.74, 6) is 1.60. The normalized spacial score (nSPS) is 14.3. The van der Waals surface area contributed by atoms with Crippen LogP contribution in [0.2, 0.25) is 0 Å². The predicted molar refractivity (Wildman–Crippen MR) is 134 cm³/mol. The average molecular weight is 477 g/mol. The maximum absolute atomic E-state index is 12.6. The summed E-state index contributed by atoms with van der Waals surface area (Å²) in [6.07, 6.45) is 0.857. The number of phenols is 1. The summed E-state index contributed by atoms with van der Waals surface area (Å²) in [6, 6.07) is 19.5. The van der Waals surface area contributed by atoms with Crippen LogP contribution in [0.4, 0.5) is 5.69 Å². The van der Waals surface area contributed by atoms with Gasteiger partial charge in [0.05, 0.1) is 23.9 Å². The summed E-state index contributed by atoms with van der Waals surface area (Å²) in [5, 5.41) is 26.4. The van der Waals surface area contributed by atoms with E-state index in [0.29, 0.717) is 59.3 Å². The molecule has 1 amide bonds. The second-order valence-corrected chi connectivity index (χ2v) is 7.92. The van der Waals surface area contributed by atoms with Crippen LogP contribution in [0.15, 0.2) is 66.7 Å². The number of phenolic OH excluding ortho intramolecular Hbond substituents is 1. The second kappa shape index (κ2) is 11.4. The Morgan fingerprint density at radius 1 is 0.971 bits per heavy atom. The van der Waals surface area contributed by atoms with Crippen LogP contribution in [-0.4, -0.2) is 55.6 Å². The average Bonchev–Trinajstić information content (AvgIpc) is 3.19. The highest BCUT2D eigenvalue weighted by Gasteiger charge is 2.28. The number of hydrogen-bond acceptors (Lipinski definition) is 7. The Kier molecular flexibility index (Phi) is 7.87. The Hall–Kier alpha value is -4.01. The van der Waals surface area contributed by atoms with Crippen LogP contribution < -0.4 is 24.8 Å². The van der Waals surface area contributed by atoms with Crippen LogP contribution in [-0.2, 0) is 4.79 Å². The molecule has 1 aliphatic rings. The number of fused-ring (bicyclic) bond motifs is 1. The fourth-order valence-corrected chi connectivity index (χ4v) is 3.72. The molecule has 0 saturated carbocycles. The zero-order chi connectivity index (χ0) is 24.6. The summed E-state index contributed by atoms with van der Waals surface area (Å²) in [5.41, 5.74) is 2.14. The quantitative estimate of drug-likeness (QED) is 0.248. The van der Waals surface area contributed by atoms with E-state index in [-0.39, 0.29) is 18.3 Å². The van der Waals surface area contributed by atoms with Gasteiger partial charge in [0.2, 0.25) is 0 Å². The first-order valence-corrected chi connectivity index (χ1v) is 11.3. The van der Waals surface area contributed by atoms with Crippen molar-refractivity contribution in [1.29, 1.82) is 0 Å². The molecule has 0 spiro atoms. The zero-order valence-corrected chi connectivity index (χ0v) is 19.4. The standard InChI is InChI=1S/C27H28N2O6/c1-33-23-10-4-5-11-24(23)34-14-13-28-16-19(30)17-35-25-12-6-8-21-26(25)20(27(32)29-21)15-18-7-2-3-9-22(18)31/h2-12,15,19,28,30-31H,13-14,16-17H2,1H3,(H,29,32). The summed E-state index contributed by atoms with van der Waals surface area (Å²) in [6.45, 7) is 1.28.